The van der Waals surface area contributed by atoms with Crippen molar-refractivity contribution < 1.29 is 4.74 Å². The molecule has 0 aromatic carbocycles. The topological polar surface area (TPSA) is 37.9 Å². The normalized spacial score (nSPS) is 10.5. The Labute approximate surface area is 80.4 Å². The van der Waals surface area contributed by atoms with Gasteiger partial charge in [0, 0.05) is 18.7 Å². The van der Waals surface area contributed by atoms with Crippen molar-refractivity contribution in [2.45, 2.75) is 6.61 Å². The van der Waals surface area contributed by atoms with Gasteiger partial charge in [0.25, 0.3) is 0 Å². The monoisotopic (exact) mass is 194 g/mol. The average molecular weight is 194 g/mol. The van der Waals surface area contributed by atoms with E-state index >= 15 is 0 Å². The van der Waals surface area contributed by atoms with E-state index in [9.17, 15) is 0 Å². The molecule has 3 nitrogen and oxygen atoms in total. The predicted molar refractivity (Wildman–Crippen MR) is 52.6 cm³/mol. The first kappa shape index (κ1) is 8.47. The Hall–Kier alpha value is -1.13. The van der Waals surface area contributed by atoms with E-state index in [4.69, 9.17) is 4.74 Å². The highest BCUT2D eigenvalue weighted by Crippen LogP contribution is 2.20. The zero-order chi connectivity index (χ0) is 9.10. The van der Waals surface area contributed by atoms with Crippen LogP contribution >= 0.6 is 11.3 Å². The van der Waals surface area contributed by atoms with Crippen LogP contribution in [0.4, 0.5) is 0 Å². The van der Waals surface area contributed by atoms with Crippen molar-refractivity contribution in [3.63, 3.8) is 0 Å². The van der Waals surface area contributed by atoms with Crippen LogP contribution in [-0.4, -0.2) is 17.1 Å². The van der Waals surface area contributed by atoms with E-state index in [0.29, 0.717) is 6.61 Å². The van der Waals surface area contributed by atoms with Crippen LogP contribution in [-0.2, 0) is 11.3 Å². The molecule has 2 rings (SSSR count). The highest BCUT2D eigenvalue weighted by atomic mass is 32.1. The Morgan fingerprint density at radius 3 is 3.23 bits per heavy atom. The Balaban J connectivity index is 2.23. The quantitative estimate of drug-likeness (QED) is 0.814. The molecule has 0 aliphatic heterocycles. The lowest BCUT2D eigenvalue weighted by Gasteiger charge is -1.91. The van der Waals surface area contributed by atoms with Crippen molar-refractivity contribution >= 4 is 11.3 Å². The summed E-state index contributed by atoms with van der Waals surface area (Å²) in [6.07, 6.45) is 1.89. The predicted octanol–water partition coefficient (Wildman–Crippen LogP) is 2.28. The molecule has 1 N–H and O–H groups in total. The first-order valence-corrected chi connectivity index (χ1v) is 4.85. The van der Waals surface area contributed by atoms with Crippen molar-refractivity contribution in [3.05, 3.63) is 28.7 Å². The summed E-state index contributed by atoms with van der Waals surface area (Å²) in [6.45, 7) is 0.589. The Bertz CT molecular complexity index is 367. The molecule has 0 unspecified atom stereocenters. The lowest BCUT2D eigenvalue weighted by Crippen LogP contribution is -1.85. The maximum atomic E-state index is 5.00. The van der Waals surface area contributed by atoms with Gasteiger partial charge in [0.15, 0.2) is 0 Å². The standard InChI is InChI=1S/C9H10N2OS/c1-12-5-9-11-8(6-13-9)7-3-2-4-10-7/h2-4,6,10H,5H2,1H3. The Morgan fingerprint density at radius 1 is 1.62 bits per heavy atom. The van der Waals surface area contributed by atoms with Crippen LogP contribution in [0.5, 0.6) is 0 Å². The van der Waals surface area contributed by atoms with Gasteiger partial charge in [0.05, 0.1) is 18.0 Å². The molecule has 0 amide bonds. The van der Waals surface area contributed by atoms with Gasteiger partial charge in [-0.15, -0.1) is 11.3 Å². The molecule has 2 aromatic rings. The third kappa shape index (κ3) is 1.79. The number of nitrogens with zero attached hydrogens (tertiary/aromatic N) is 1. The van der Waals surface area contributed by atoms with Gasteiger partial charge < -0.3 is 9.72 Å². The molecule has 0 saturated carbocycles. The van der Waals surface area contributed by atoms with Crippen LogP contribution in [0.2, 0.25) is 0 Å². The molecule has 4 heteroatoms. The number of ether oxygens (including phenoxy) is 1. The Kier molecular flexibility index (Phi) is 2.42. The number of hydrogen-bond acceptors (Lipinski definition) is 3. The van der Waals surface area contributed by atoms with Crippen molar-refractivity contribution in [2.24, 2.45) is 0 Å². The highest BCUT2D eigenvalue weighted by Gasteiger charge is 2.03. The number of H-pyrrole nitrogens is 1. The van der Waals surface area contributed by atoms with E-state index in [1.807, 2.05) is 23.7 Å². The number of methoxy groups -OCH3 is 1. The summed E-state index contributed by atoms with van der Waals surface area (Å²) in [5.41, 5.74) is 2.04. The molecule has 0 bridgehead atoms. The lowest BCUT2D eigenvalue weighted by atomic mass is 10.3. The second kappa shape index (κ2) is 3.72. The summed E-state index contributed by atoms with van der Waals surface area (Å²) in [5, 5.41) is 3.03. The van der Waals surface area contributed by atoms with Gasteiger partial charge in [0.2, 0.25) is 0 Å². The van der Waals surface area contributed by atoms with Crippen LogP contribution < -0.4 is 0 Å². The molecule has 13 heavy (non-hydrogen) atoms. The van der Waals surface area contributed by atoms with Gasteiger partial charge in [-0.25, -0.2) is 4.98 Å². The first-order valence-electron chi connectivity index (χ1n) is 3.97. The summed E-state index contributed by atoms with van der Waals surface area (Å²) in [4.78, 5) is 7.52. The third-order valence-corrected chi connectivity index (χ3v) is 2.52. The van der Waals surface area contributed by atoms with E-state index in [2.05, 4.69) is 9.97 Å². The fourth-order valence-electron chi connectivity index (χ4n) is 1.11. The molecule has 0 atom stereocenters. The van der Waals surface area contributed by atoms with Crippen LogP contribution in [0.25, 0.3) is 11.4 Å². The van der Waals surface area contributed by atoms with Crippen molar-refractivity contribution in [3.8, 4) is 11.4 Å². The number of rotatable bonds is 3. The van der Waals surface area contributed by atoms with Gasteiger partial charge in [-0.05, 0) is 12.1 Å². The zero-order valence-electron chi connectivity index (χ0n) is 7.28. The molecule has 0 saturated heterocycles. The van der Waals surface area contributed by atoms with E-state index in [-0.39, 0.29) is 0 Å². The minimum Gasteiger partial charge on any atom is -0.378 e. The number of aromatic amines is 1. The average Bonchev–Trinajstić information content (AvgIpc) is 2.70. The van der Waals surface area contributed by atoms with Crippen LogP contribution in [0.3, 0.4) is 0 Å². The van der Waals surface area contributed by atoms with E-state index in [0.717, 1.165) is 16.4 Å². The minimum atomic E-state index is 0.589. The zero-order valence-corrected chi connectivity index (χ0v) is 8.10. The van der Waals surface area contributed by atoms with Gasteiger partial charge in [-0.1, -0.05) is 0 Å². The number of aromatic nitrogens is 2. The minimum absolute atomic E-state index is 0.589. The van der Waals surface area contributed by atoms with Gasteiger partial charge in [0.1, 0.15) is 5.01 Å². The fraction of sp³-hybridized carbons (Fsp3) is 0.222. The van der Waals surface area contributed by atoms with E-state index in [1.54, 1.807) is 18.4 Å². The summed E-state index contributed by atoms with van der Waals surface area (Å²) in [5.74, 6) is 0. The molecule has 0 fully saturated rings. The van der Waals surface area contributed by atoms with Crippen LogP contribution in [0.1, 0.15) is 5.01 Å². The molecule has 0 spiro atoms. The molecular weight excluding hydrogens is 184 g/mol. The van der Waals surface area contributed by atoms with Gasteiger partial charge >= 0.3 is 0 Å². The van der Waals surface area contributed by atoms with E-state index < -0.39 is 0 Å². The smallest absolute Gasteiger partial charge is 0.119 e. The van der Waals surface area contributed by atoms with Gasteiger partial charge in [-0.2, -0.15) is 0 Å². The number of hydrogen-bond donors (Lipinski definition) is 1. The summed E-state index contributed by atoms with van der Waals surface area (Å²) in [7, 11) is 1.68. The maximum Gasteiger partial charge on any atom is 0.119 e. The molecule has 2 aromatic heterocycles. The third-order valence-electron chi connectivity index (χ3n) is 1.69. The highest BCUT2D eigenvalue weighted by molar-refractivity contribution is 7.09. The molecule has 0 aliphatic rings. The molecular formula is C9H10N2OS. The second-order valence-corrected chi connectivity index (χ2v) is 3.59. The maximum absolute atomic E-state index is 5.00. The summed E-state index contributed by atoms with van der Waals surface area (Å²) < 4.78 is 5.00. The van der Waals surface area contributed by atoms with Gasteiger partial charge in [-0.3, -0.25) is 0 Å². The second-order valence-electron chi connectivity index (χ2n) is 2.64. The van der Waals surface area contributed by atoms with Crippen molar-refractivity contribution in [1.82, 2.24) is 9.97 Å². The fourth-order valence-corrected chi connectivity index (χ4v) is 1.88. The number of thiazole rings is 1. The van der Waals surface area contributed by atoms with Crippen LogP contribution in [0, 0.1) is 0 Å². The molecule has 0 radical (unpaired) electrons. The lowest BCUT2D eigenvalue weighted by molar-refractivity contribution is 0.184. The Morgan fingerprint density at radius 2 is 2.54 bits per heavy atom. The van der Waals surface area contributed by atoms with Crippen LogP contribution in [0.15, 0.2) is 23.7 Å². The largest absolute Gasteiger partial charge is 0.378 e. The van der Waals surface area contributed by atoms with Crippen molar-refractivity contribution in [2.75, 3.05) is 7.11 Å². The molecule has 68 valence electrons. The van der Waals surface area contributed by atoms with Crippen molar-refractivity contribution in [1.29, 1.82) is 0 Å². The molecule has 0 aliphatic carbocycles. The first-order chi connectivity index (χ1) is 6.40. The summed E-state index contributed by atoms with van der Waals surface area (Å²) >= 11 is 1.62. The van der Waals surface area contributed by atoms with E-state index in [1.165, 1.54) is 0 Å². The number of nitrogens with one attached hydrogen (secondary N) is 1. The summed E-state index contributed by atoms with van der Waals surface area (Å²) in [6, 6.07) is 3.97. The molecule has 2 heterocycles. The SMILES string of the molecule is COCc1nc(-c2ccc[nH]2)cs1.